The molecule has 0 amide bonds. The summed E-state index contributed by atoms with van der Waals surface area (Å²) in [6, 6.07) is 9.57. The second-order valence-electron chi connectivity index (χ2n) is 7.18. The van der Waals surface area contributed by atoms with Gasteiger partial charge >= 0.3 is 0 Å². The maximum Gasteiger partial charge on any atom is 0.227 e. The summed E-state index contributed by atoms with van der Waals surface area (Å²) in [7, 11) is 4.27. The topological polar surface area (TPSA) is 37.2 Å². The van der Waals surface area contributed by atoms with Crippen molar-refractivity contribution in [2.24, 2.45) is 7.05 Å². The van der Waals surface area contributed by atoms with Crippen LogP contribution in [-0.4, -0.2) is 57.3 Å². The molecule has 1 saturated heterocycles. The van der Waals surface area contributed by atoms with Gasteiger partial charge < -0.3 is 4.90 Å². The van der Waals surface area contributed by atoms with Crippen molar-refractivity contribution < 1.29 is 0 Å². The molecule has 1 aliphatic carbocycles. The van der Waals surface area contributed by atoms with Crippen molar-refractivity contribution in [2.45, 2.75) is 31.8 Å². The molecule has 5 nitrogen and oxygen atoms in total. The van der Waals surface area contributed by atoms with Crippen molar-refractivity contribution >= 4 is 17.7 Å². The van der Waals surface area contributed by atoms with Gasteiger partial charge in [0.25, 0.3) is 0 Å². The highest BCUT2D eigenvalue weighted by molar-refractivity contribution is 7.99. The molecule has 1 aliphatic heterocycles. The van der Waals surface area contributed by atoms with Crippen LogP contribution >= 0.6 is 11.8 Å². The van der Waals surface area contributed by atoms with Gasteiger partial charge in [0, 0.05) is 44.7 Å². The molecule has 0 saturated carbocycles. The van der Waals surface area contributed by atoms with E-state index in [-0.39, 0.29) is 0 Å². The van der Waals surface area contributed by atoms with Gasteiger partial charge in [-0.25, -0.2) is 0 Å². The van der Waals surface area contributed by atoms with Gasteiger partial charge in [-0.1, -0.05) is 24.3 Å². The summed E-state index contributed by atoms with van der Waals surface area (Å²) in [6.45, 7) is 4.54. The van der Waals surface area contributed by atoms with Crippen molar-refractivity contribution in [3.63, 3.8) is 0 Å². The molecule has 2 aliphatic rings. The second-order valence-corrected chi connectivity index (χ2v) is 8.41. The van der Waals surface area contributed by atoms with Gasteiger partial charge in [-0.3, -0.25) is 9.47 Å². The van der Waals surface area contributed by atoms with Crippen LogP contribution in [-0.2, 0) is 19.9 Å². The van der Waals surface area contributed by atoms with Gasteiger partial charge in [0.2, 0.25) is 5.95 Å². The average molecular weight is 358 g/mol. The lowest BCUT2D eigenvalue weighted by molar-refractivity contribution is 0.221. The zero-order chi connectivity index (χ0) is 17.4. The Labute approximate surface area is 154 Å². The Kier molecular flexibility index (Phi) is 4.73. The number of hydrogen-bond acceptors (Lipinski definition) is 5. The molecule has 1 aromatic carbocycles. The largest absolute Gasteiger partial charge is 0.340 e. The fourth-order valence-corrected chi connectivity index (χ4v) is 5.04. The molecule has 1 unspecified atom stereocenters. The molecule has 25 heavy (non-hydrogen) atoms. The number of hydrogen-bond donors (Lipinski definition) is 0. The van der Waals surface area contributed by atoms with E-state index >= 15 is 0 Å². The van der Waals surface area contributed by atoms with Gasteiger partial charge in [0.1, 0.15) is 0 Å². The van der Waals surface area contributed by atoms with E-state index in [0.717, 1.165) is 37.7 Å². The first-order valence-corrected chi connectivity index (χ1v) is 10.3. The van der Waals surface area contributed by atoms with Crippen LogP contribution in [0.4, 0.5) is 5.95 Å². The molecule has 0 radical (unpaired) electrons. The Morgan fingerprint density at radius 3 is 2.40 bits per heavy atom. The number of fused-ring (bicyclic) bond motifs is 1. The summed E-state index contributed by atoms with van der Waals surface area (Å²) in [5.41, 5.74) is 2.95. The molecule has 4 rings (SSSR count). The van der Waals surface area contributed by atoms with Crippen LogP contribution in [0.3, 0.4) is 0 Å². The molecule has 134 valence electrons. The molecule has 1 fully saturated rings. The molecular weight excluding hydrogens is 330 g/mol. The minimum atomic E-state index is 0.321. The number of rotatable bonds is 4. The average Bonchev–Trinajstić information content (AvgIpc) is 3.25. The summed E-state index contributed by atoms with van der Waals surface area (Å²) in [5, 5.41) is 9.10. The molecule has 2 aromatic rings. The van der Waals surface area contributed by atoms with Crippen molar-refractivity contribution in [2.75, 3.05) is 36.5 Å². The van der Waals surface area contributed by atoms with Crippen LogP contribution in [0.15, 0.2) is 24.3 Å². The molecule has 0 spiro atoms. The fourth-order valence-electron chi connectivity index (χ4n) is 4.10. The predicted molar refractivity (Wildman–Crippen MR) is 104 cm³/mol. The Morgan fingerprint density at radius 2 is 1.76 bits per heavy atom. The molecule has 1 atom stereocenters. The molecule has 1 aromatic heterocycles. The van der Waals surface area contributed by atoms with Crippen molar-refractivity contribution in [1.82, 2.24) is 19.7 Å². The maximum atomic E-state index is 4.56. The standard InChI is InChI=1S/C19H27N5S/c1-14(24-8-10-25-11-9-24)18-20-21-19(23(18)3)22(2)17-12-15-6-4-5-7-16(15)13-17/h4-7,14,17H,8-13H2,1-3H3. The van der Waals surface area contributed by atoms with Crippen LogP contribution in [0.1, 0.15) is 29.9 Å². The summed E-state index contributed by atoms with van der Waals surface area (Å²) in [6.07, 6.45) is 2.18. The zero-order valence-corrected chi connectivity index (χ0v) is 16.2. The quantitative estimate of drug-likeness (QED) is 0.840. The van der Waals surface area contributed by atoms with Gasteiger partial charge in [-0.15, -0.1) is 10.2 Å². The number of aromatic nitrogens is 3. The normalized spacial score (nSPS) is 19.8. The SMILES string of the molecule is CC(c1nnc(N(C)C2Cc3ccccc3C2)n1C)N1CCSCC1. The Bertz CT molecular complexity index is 712. The highest BCUT2D eigenvalue weighted by atomic mass is 32.2. The molecule has 0 N–H and O–H groups in total. The highest BCUT2D eigenvalue weighted by Crippen LogP contribution is 2.29. The van der Waals surface area contributed by atoms with E-state index in [1.807, 2.05) is 11.8 Å². The van der Waals surface area contributed by atoms with Crippen LogP contribution in [0.2, 0.25) is 0 Å². The third kappa shape index (κ3) is 3.17. The van der Waals surface area contributed by atoms with Crippen LogP contribution < -0.4 is 4.90 Å². The lowest BCUT2D eigenvalue weighted by Gasteiger charge is -2.31. The lowest BCUT2D eigenvalue weighted by Crippen LogP contribution is -2.36. The van der Waals surface area contributed by atoms with Crippen LogP contribution in [0.25, 0.3) is 0 Å². The lowest BCUT2D eigenvalue weighted by atomic mass is 10.1. The number of nitrogens with zero attached hydrogens (tertiary/aromatic N) is 5. The van der Waals surface area contributed by atoms with E-state index in [9.17, 15) is 0 Å². The van der Waals surface area contributed by atoms with Crippen LogP contribution in [0, 0.1) is 0 Å². The number of likely N-dealkylation sites (N-methyl/N-ethyl adjacent to an activating group) is 1. The minimum Gasteiger partial charge on any atom is -0.340 e. The third-order valence-corrected chi connectivity index (χ3v) is 6.69. The number of thioether (sulfide) groups is 1. The summed E-state index contributed by atoms with van der Waals surface area (Å²) >= 11 is 2.04. The summed E-state index contributed by atoms with van der Waals surface area (Å²) < 4.78 is 2.19. The maximum absolute atomic E-state index is 4.56. The van der Waals surface area contributed by atoms with E-state index in [4.69, 9.17) is 0 Å². The Hall–Kier alpha value is -1.53. The van der Waals surface area contributed by atoms with E-state index in [0.29, 0.717) is 12.1 Å². The smallest absolute Gasteiger partial charge is 0.227 e. The molecule has 0 bridgehead atoms. The molecule has 2 heterocycles. The summed E-state index contributed by atoms with van der Waals surface area (Å²) in [4.78, 5) is 4.84. The van der Waals surface area contributed by atoms with Crippen molar-refractivity contribution in [1.29, 1.82) is 0 Å². The number of benzene rings is 1. The van der Waals surface area contributed by atoms with Crippen molar-refractivity contribution in [3.8, 4) is 0 Å². The fraction of sp³-hybridized carbons (Fsp3) is 0.579. The van der Waals surface area contributed by atoms with E-state index < -0.39 is 0 Å². The highest BCUT2D eigenvalue weighted by Gasteiger charge is 2.29. The van der Waals surface area contributed by atoms with E-state index in [1.54, 1.807) is 0 Å². The third-order valence-electron chi connectivity index (χ3n) is 5.75. The minimum absolute atomic E-state index is 0.321. The summed E-state index contributed by atoms with van der Waals surface area (Å²) in [5.74, 6) is 4.49. The zero-order valence-electron chi connectivity index (χ0n) is 15.4. The van der Waals surface area contributed by atoms with Gasteiger partial charge in [0.15, 0.2) is 5.82 Å². The van der Waals surface area contributed by atoms with Gasteiger partial charge in [-0.05, 0) is 30.9 Å². The number of anilines is 1. The van der Waals surface area contributed by atoms with Gasteiger partial charge in [0.05, 0.1) is 6.04 Å². The predicted octanol–water partition coefficient (Wildman–Crippen LogP) is 2.53. The monoisotopic (exact) mass is 357 g/mol. The van der Waals surface area contributed by atoms with Crippen molar-refractivity contribution in [3.05, 3.63) is 41.2 Å². The van der Waals surface area contributed by atoms with Crippen LogP contribution in [0.5, 0.6) is 0 Å². The first-order valence-electron chi connectivity index (χ1n) is 9.16. The van der Waals surface area contributed by atoms with E-state index in [1.165, 1.54) is 22.6 Å². The first kappa shape index (κ1) is 16.9. The van der Waals surface area contributed by atoms with E-state index in [2.05, 4.69) is 69.8 Å². The van der Waals surface area contributed by atoms with Gasteiger partial charge in [-0.2, -0.15) is 11.8 Å². The molecular formula is C19H27N5S. The first-order chi connectivity index (χ1) is 12.1. The Morgan fingerprint density at radius 1 is 1.12 bits per heavy atom. The molecule has 6 heteroatoms. The Balaban J connectivity index is 1.51. The second kappa shape index (κ2) is 7.00.